The van der Waals surface area contributed by atoms with E-state index in [2.05, 4.69) is 16.3 Å². The summed E-state index contributed by atoms with van der Waals surface area (Å²) in [7, 11) is 1.99. The van der Waals surface area contributed by atoms with Crippen LogP contribution in [0.25, 0.3) is 0 Å². The molecule has 1 heterocycles. The molecule has 1 aliphatic carbocycles. The summed E-state index contributed by atoms with van der Waals surface area (Å²) in [4.78, 5) is 14.4. The van der Waals surface area contributed by atoms with E-state index in [4.69, 9.17) is 4.74 Å². The van der Waals surface area contributed by atoms with E-state index in [1.807, 2.05) is 31.3 Å². The molecule has 0 saturated carbocycles. The second kappa shape index (κ2) is 6.20. The van der Waals surface area contributed by atoms with Gasteiger partial charge >= 0.3 is 0 Å². The van der Waals surface area contributed by atoms with Gasteiger partial charge in [0.25, 0.3) is 5.91 Å². The third-order valence-electron chi connectivity index (χ3n) is 4.15. The molecular weight excluding hydrogens is 264 g/mol. The highest BCUT2D eigenvalue weighted by Crippen LogP contribution is 2.31. The van der Waals surface area contributed by atoms with Gasteiger partial charge in [-0.3, -0.25) is 4.79 Å². The molecule has 112 valence electrons. The standard InChI is InChI=1S/C17H22N2O2/c1-19-12-16(21-15-10-6-5-9-14(15)19)17(20)18-11-13-7-3-2-4-8-13/h5-7,9-10,16H,2-4,8,11-12H2,1H3,(H,18,20)/t16-/m1/s1. The summed E-state index contributed by atoms with van der Waals surface area (Å²) in [6.45, 7) is 1.24. The summed E-state index contributed by atoms with van der Waals surface area (Å²) >= 11 is 0. The molecule has 1 aromatic carbocycles. The predicted molar refractivity (Wildman–Crippen MR) is 83.7 cm³/mol. The van der Waals surface area contributed by atoms with Gasteiger partial charge in [0.1, 0.15) is 5.75 Å². The number of ether oxygens (including phenoxy) is 1. The molecule has 1 aromatic rings. The zero-order chi connectivity index (χ0) is 14.7. The Bertz CT molecular complexity index is 553. The molecular formula is C17H22N2O2. The molecule has 0 saturated heterocycles. The number of anilines is 1. The van der Waals surface area contributed by atoms with E-state index in [1.54, 1.807) is 0 Å². The molecule has 0 fully saturated rings. The summed E-state index contributed by atoms with van der Waals surface area (Å²) < 4.78 is 5.83. The van der Waals surface area contributed by atoms with Gasteiger partial charge in [-0.2, -0.15) is 0 Å². The number of rotatable bonds is 3. The number of likely N-dealkylation sites (N-methyl/N-ethyl adjacent to an activating group) is 1. The topological polar surface area (TPSA) is 41.6 Å². The lowest BCUT2D eigenvalue weighted by atomic mass is 10.00. The zero-order valence-corrected chi connectivity index (χ0v) is 12.5. The number of para-hydroxylation sites is 2. The first-order chi connectivity index (χ1) is 10.2. The number of nitrogens with one attached hydrogen (secondary N) is 1. The van der Waals surface area contributed by atoms with Crippen molar-refractivity contribution in [3.8, 4) is 5.75 Å². The first-order valence-electron chi connectivity index (χ1n) is 7.66. The van der Waals surface area contributed by atoms with Crippen molar-refractivity contribution in [3.05, 3.63) is 35.9 Å². The van der Waals surface area contributed by atoms with Gasteiger partial charge in [-0.1, -0.05) is 23.8 Å². The van der Waals surface area contributed by atoms with Gasteiger partial charge in [-0.15, -0.1) is 0 Å². The Balaban J connectivity index is 1.60. The average Bonchev–Trinajstić information content (AvgIpc) is 2.53. The Morgan fingerprint density at radius 1 is 1.38 bits per heavy atom. The molecule has 4 nitrogen and oxygen atoms in total. The van der Waals surface area contributed by atoms with Crippen molar-refractivity contribution < 1.29 is 9.53 Å². The Kier molecular flexibility index (Phi) is 4.13. The third-order valence-corrected chi connectivity index (χ3v) is 4.15. The van der Waals surface area contributed by atoms with E-state index >= 15 is 0 Å². The van der Waals surface area contributed by atoms with Crippen molar-refractivity contribution in [2.75, 3.05) is 25.0 Å². The molecule has 3 rings (SSSR count). The molecule has 0 spiro atoms. The highest BCUT2D eigenvalue weighted by molar-refractivity contribution is 5.83. The van der Waals surface area contributed by atoms with Crippen LogP contribution < -0.4 is 15.0 Å². The maximum Gasteiger partial charge on any atom is 0.263 e. The van der Waals surface area contributed by atoms with Crippen LogP contribution in [0.1, 0.15) is 25.7 Å². The fourth-order valence-electron chi connectivity index (χ4n) is 2.93. The van der Waals surface area contributed by atoms with Gasteiger partial charge in [0.05, 0.1) is 12.2 Å². The van der Waals surface area contributed by atoms with Crippen molar-refractivity contribution in [1.82, 2.24) is 5.32 Å². The van der Waals surface area contributed by atoms with E-state index in [1.165, 1.54) is 18.4 Å². The first-order valence-corrected chi connectivity index (χ1v) is 7.66. The predicted octanol–water partition coefficient (Wildman–Crippen LogP) is 2.50. The lowest BCUT2D eigenvalue weighted by Gasteiger charge is -2.33. The number of nitrogens with zero attached hydrogens (tertiary/aromatic N) is 1. The normalized spacial score (nSPS) is 21.1. The molecule has 1 amide bonds. The quantitative estimate of drug-likeness (QED) is 0.868. The molecule has 2 aliphatic rings. The Hall–Kier alpha value is -1.97. The van der Waals surface area contributed by atoms with E-state index in [0.29, 0.717) is 13.1 Å². The monoisotopic (exact) mass is 286 g/mol. The summed E-state index contributed by atoms with van der Waals surface area (Å²) in [5.41, 5.74) is 2.38. The highest BCUT2D eigenvalue weighted by atomic mass is 16.5. The SMILES string of the molecule is CN1C[C@H](C(=O)NCC2=CCCCC2)Oc2ccccc21. The molecule has 1 atom stereocenters. The summed E-state index contributed by atoms with van der Waals surface area (Å²) in [6.07, 6.45) is 6.57. The molecule has 0 radical (unpaired) electrons. The van der Waals surface area contributed by atoms with Crippen molar-refractivity contribution in [3.63, 3.8) is 0 Å². The van der Waals surface area contributed by atoms with Gasteiger partial charge in [0, 0.05) is 13.6 Å². The van der Waals surface area contributed by atoms with Crippen LogP contribution >= 0.6 is 0 Å². The van der Waals surface area contributed by atoms with Crippen LogP contribution in [0.4, 0.5) is 5.69 Å². The maximum absolute atomic E-state index is 12.3. The van der Waals surface area contributed by atoms with Crippen LogP contribution in [0.3, 0.4) is 0 Å². The molecule has 21 heavy (non-hydrogen) atoms. The Morgan fingerprint density at radius 2 is 2.24 bits per heavy atom. The zero-order valence-electron chi connectivity index (χ0n) is 12.5. The number of carbonyl (C=O) groups is 1. The number of amides is 1. The summed E-state index contributed by atoms with van der Waals surface area (Å²) in [5, 5.41) is 3.01. The van der Waals surface area contributed by atoms with Gasteiger partial charge in [-0.25, -0.2) is 0 Å². The van der Waals surface area contributed by atoms with Crippen LogP contribution in [-0.2, 0) is 4.79 Å². The number of fused-ring (bicyclic) bond motifs is 1. The lowest BCUT2D eigenvalue weighted by molar-refractivity contribution is -0.127. The lowest BCUT2D eigenvalue weighted by Crippen LogP contribution is -2.48. The van der Waals surface area contributed by atoms with Gasteiger partial charge in [0.2, 0.25) is 0 Å². The average molecular weight is 286 g/mol. The van der Waals surface area contributed by atoms with E-state index < -0.39 is 6.10 Å². The van der Waals surface area contributed by atoms with Crippen LogP contribution in [0.2, 0.25) is 0 Å². The van der Waals surface area contributed by atoms with E-state index in [-0.39, 0.29) is 5.91 Å². The summed E-state index contributed by atoms with van der Waals surface area (Å²) in [5.74, 6) is 0.756. The molecule has 0 unspecified atom stereocenters. The molecule has 4 heteroatoms. The number of benzene rings is 1. The second-order valence-corrected chi connectivity index (χ2v) is 5.78. The van der Waals surface area contributed by atoms with Gasteiger partial charge in [-0.05, 0) is 37.8 Å². The van der Waals surface area contributed by atoms with Crippen LogP contribution in [0.5, 0.6) is 5.75 Å². The minimum Gasteiger partial charge on any atom is -0.477 e. The molecule has 0 aromatic heterocycles. The minimum absolute atomic E-state index is 0.0252. The van der Waals surface area contributed by atoms with Gasteiger partial charge in [0.15, 0.2) is 6.10 Å². The number of allylic oxidation sites excluding steroid dienone is 1. The van der Waals surface area contributed by atoms with Crippen molar-refractivity contribution in [1.29, 1.82) is 0 Å². The number of hydrogen-bond donors (Lipinski definition) is 1. The Morgan fingerprint density at radius 3 is 3.05 bits per heavy atom. The largest absolute Gasteiger partial charge is 0.477 e. The van der Waals surface area contributed by atoms with Crippen LogP contribution in [-0.4, -0.2) is 32.1 Å². The Labute approximate surface area is 125 Å². The number of carbonyl (C=O) groups excluding carboxylic acids is 1. The third kappa shape index (κ3) is 3.20. The fraction of sp³-hybridized carbons (Fsp3) is 0.471. The minimum atomic E-state index is -0.436. The second-order valence-electron chi connectivity index (χ2n) is 5.78. The van der Waals surface area contributed by atoms with E-state index in [9.17, 15) is 4.79 Å². The smallest absolute Gasteiger partial charge is 0.263 e. The molecule has 1 aliphatic heterocycles. The maximum atomic E-state index is 12.3. The van der Waals surface area contributed by atoms with Crippen LogP contribution in [0.15, 0.2) is 35.9 Å². The van der Waals surface area contributed by atoms with Crippen molar-refractivity contribution >= 4 is 11.6 Å². The van der Waals surface area contributed by atoms with Crippen molar-refractivity contribution in [2.24, 2.45) is 0 Å². The summed E-state index contributed by atoms with van der Waals surface area (Å²) in [6, 6.07) is 7.83. The van der Waals surface area contributed by atoms with Gasteiger partial charge < -0.3 is 15.0 Å². The highest BCUT2D eigenvalue weighted by Gasteiger charge is 2.28. The first kappa shape index (κ1) is 14.0. The molecule has 1 N–H and O–H groups in total. The van der Waals surface area contributed by atoms with E-state index in [0.717, 1.165) is 24.3 Å². The number of hydrogen-bond acceptors (Lipinski definition) is 3. The fourth-order valence-corrected chi connectivity index (χ4v) is 2.93. The van der Waals surface area contributed by atoms with Crippen LogP contribution in [0, 0.1) is 0 Å². The molecule has 0 bridgehead atoms. The van der Waals surface area contributed by atoms with Crippen molar-refractivity contribution in [2.45, 2.75) is 31.8 Å².